The molecule has 13 heavy (non-hydrogen) atoms. The van der Waals surface area contributed by atoms with Crippen LogP contribution in [0, 0.1) is 0 Å². The SMILES string of the molecule is CCCCOC(C)(C)OC(=O)OO. The minimum Gasteiger partial charge on any atom is -0.400 e. The van der Waals surface area contributed by atoms with Crippen LogP contribution in [-0.4, -0.2) is 23.8 Å². The molecule has 78 valence electrons. The molecule has 5 heteroatoms. The fraction of sp³-hybridized carbons (Fsp3) is 0.875. The summed E-state index contributed by atoms with van der Waals surface area (Å²) in [6, 6.07) is 0. The molecule has 0 spiro atoms. The highest BCUT2D eigenvalue weighted by atomic mass is 17.2. The van der Waals surface area contributed by atoms with Crippen molar-refractivity contribution in [3.63, 3.8) is 0 Å². The lowest BCUT2D eigenvalue weighted by Crippen LogP contribution is -2.31. The number of carbonyl (C=O) groups excluding carboxylic acids is 1. The molecule has 0 saturated heterocycles. The van der Waals surface area contributed by atoms with Gasteiger partial charge in [0.25, 0.3) is 0 Å². The zero-order valence-corrected chi connectivity index (χ0v) is 8.20. The molecule has 0 aliphatic carbocycles. The van der Waals surface area contributed by atoms with Crippen molar-refractivity contribution in [2.45, 2.75) is 39.4 Å². The van der Waals surface area contributed by atoms with E-state index in [0.29, 0.717) is 6.61 Å². The van der Waals surface area contributed by atoms with Gasteiger partial charge in [0.1, 0.15) is 0 Å². The van der Waals surface area contributed by atoms with Gasteiger partial charge in [-0.25, -0.2) is 4.79 Å². The van der Waals surface area contributed by atoms with Crippen molar-refractivity contribution in [2.24, 2.45) is 0 Å². The summed E-state index contributed by atoms with van der Waals surface area (Å²) in [6.07, 6.45) is 0.725. The van der Waals surface area contributed by atoms with Gasteiger partial charge >= 0.3 is 6.16 Å². The topological polar surface area (TPSA) is 65.0 Å². The molecule has 0 heterocycles. The number of rotatable bonds is 5. The Kier molecular flexibility index (Phi) is 5.41. The normalized spacial score (nSPS) is 11.1. The van der Waals surface area contributed by atoms with Gasteiger partial charge in [-0.15, -0.1) is 0 Å². The summed E-state index contributed by atoms with van der Waals surface area (Å²) in [5, 5.41) is 7.94. The van der Waals surface area contributed by atoms with Crippen LogP contribution in [0.25, 0.3) is 0 Å². The first-order chi connectivity index (χ1) is 6.02. The summed E-state index contributed by atoms with van der Waals surface area (Å²) in [4.78, 5) is 13.8. The summed E-state index contributed by atoms with van der Waals surface area (Å²) in [7, 11) is 0. The Balaban J connectivity index is 3.72. The predicted octanol–water partition coefficient (Wildman–Crippen LogP) is 2.17. The predicted molar refractivity (Wildman–Crippen MR) is 45.1 cm³/mol. The van der Waals surface area contributed by atoms with Gasteiger partial charge in [-0.3, -0.25) is 4.89 Å². The van der Waals surface area contributed by atoms with Crippen molar-refractivity contribution >= 4 is 6.16 Å². The Morgan fingerprint density at radius 3 is 2.54 bits per heavy atom. The maximum atomic E-state index is 10.5. The lowest BCUT2D eigenvalue weighted by atomic mass is 10.3. The van der Waals surface area contributed by atoms with Crippen LogP contribution in [0.2, 0.25) is 0 Å². The van der Waals surface area contributed by atoms with E-state index in [1.165, 1.54) is 0 Å². The van der Waals surface area contributed by atoms with Crippen LogP contribution in [0.4, 0.5) is 4.79 Å². The summed E-state index contributed by atoms with van der Waals surface area (Å²) in [6.45, 7) is 5.67. The van der Waals surface area contributed by atoms with Crippen LogP contribution in [0.3, 0.4) is 0 Å². The van der Waals surface area contributed by atoms with E-state index in [1.54, 1.807) is 13.8 Å². The Hall–Kier alpha value is -0.810. The lowest BCUT2D eigenvalue weighted by Gasteiger charge is -2.23. The van der Waals surface area contributed by atoms with Crippen LogP contribution in [0.5, 0.6) is 0 Å². The third-order valence-corrected chi connectivity index (χ3v) is 1.35. The van der Waals surface area contributed by atoms with Crippen LogP contribution < -0.4 is 0 Å². The molecule has 0 atom stereocenters. The average Bonchev–Trinajstić information content (AvgIpc) is 2.03. The largest absolute Gasteiger partial charge is 0.542 e. The molecule has 0 aliphatic rings. The van der Waals surface area contributed by atoms with E-state index in [1.807, 2.05) is 6.92 Å². The maximum Gasteiger partial charge on any atom is 0.542 e. The first-order valence-electron chi connectivity index (χ1n) is 4.20. The van der Waals surface area contributed by atoms with E-state index in [-0.39, 0.29) is 0 Å². The molecule has 5 nitrogen and oxygen atoms in total. The molecule has 0 aromatic heterocycles. The highest BCUT2D eigenvalue weighted by Crippen LogP contribution is 2.12. The molecular formula is C8H16O5. The molecule has 0 aromatic carbocycles. The van der Waals surface area contributed by atoms with Gasteiger partial charge in [0.2, 0.25) is 5.79 Å². The molecule has 0 amide bonds. The summed E-state index contributed by atoms with van der Waals surface area (Å²) >= 11 is 0. The van der Waals surface area contributed by atoms with E-state index in [9.17, 15) is 4.79 Å². The fourth-order valence-corrected chi connectivity index (χ4v) is 0.711. The van der Waals surface area contributed by atoms with Crippen molar-refractivity contribution in [1.82, 2.24) is 0 Å². The molecule has 0 fully saturated rings. The van der Waals surface area contributed by atoms with Gasteiger partial charge in [-0.05, 0) is 6.42 Å². The van der Waals surface area contributed by atoms with E-state index in [0.717, 1.165) is 12.8 Å². The van der Waals surface area contributed by atoms with E-state index >= 15 is 0 Å². The van der Waals surface area contributed by atoms with E-state index < -0.39 is 11.9 Å². The highest BCUT2D eigenvalue weighted by Gasteiger charge is 2.24. The van der Waals surface area contributed by atoms with Gasteiger partial charge in [-0.1, -0.05) is 13.3 Å². The first-order valence-corrected chi connectivity index (χ1v) is 4.20. The molecule has 1 N–H and O–H groups in total. The number of unbranched alkanes of at least 4 members (excludes halogenated alkanes) is 1. The van der Waals surface area contributed by atoms with Crippen molar-refractivity contribution in [2.75, 3.05) is 6.61 Å². The quantitative estimate of drug-likeness (QED) is 0.238. The third-order valence-electron chi connectivity index (χ3n) is 1.35. The highest BCUT2D eigenvalue weighted by molar-refractivity contribution is 5.59. The number of hydrogen-bond acceptors (Lipinski definition) is 5. The van der Waals surface area contributed by atoms with Gasteiger partial charge in [-0.2, -0.15) is 5.26 Å². The standard InChI is InChI=1S/C8H16O5/c1-4-5-6-11-8(2,3)12-7(9)13-10/h10H,4-6H2,1-3H3. The second-order valence-electron chi connectivity index (χ2n) is 3.05. The minimum atomic E-state index is -1.17. The molecule has 0 bridgehead atoms. The average molecular weight is 192 g/mol. The first kappa shape index (κ1) is 12.2. The monoisotopic (exact) mass is 192 g/mol. The Labute approximate surface area is 77.5 Å². The van der Waals surface area contributed by atoms with E-state index in [4.69, 9.17) is 9.99 Å². The van der Waals surface area contributed by atoms with Crippen LogP contribution >= 0.6 is 0 Å². The van der Waals surface area contributed by atoms with Gasteiger partial charge < -0.3 is 9.47 Å². The van der Waals surface area contributed by atoms with Crippen LogP contribution in [-0.2, 0) is 14.4 Å². The molecule has 0 radical (unpaired) electrons. The van der Waals surface area contributed by atoms with Crippen molar-refractivity contribution in [1.29, 1.82) is 0 Å². The molecular weight excluding hydrogens is 176 g/mol. The van der Waals surface area contributed by atoms with Gasteiger partial charge in [0.15, 0.2) is 0 Å². The lowest BCUT2D eigenvalue weighted by molar-refractivity contribution is -0.249. The number of hydrogen-bond donors (Lipinski definition) is 1. The van der Waals surface area contributed by atoms with Gasteiger partial charge in [0, 0.05) is 13.8 Å². The number of ether oxygens (including phenoxy) is 2. The molecule has 0 saturated carbocycles. The van der Waals surface area contributed by atoms with Crippen LogP contribution in [0.1, 0.15) is 33.6 Å². The Morgan fingerprint density at radius 1 is 1.46 bits per heavy atom. The summed E-state index contributed by atoms with van der Waals surface area (Å²) in [5.41, 5.74) is 0. The summed E-state index contributed by atoms with van der Waals surface area (Å²) in [5.74, 6) is -1.06. The van der Waals surface area contributed by atoms with Crippen molar-refractivity contribution < 1.29 is 24.4 Å². The van der Waals surface area contributed by atoms with Crippen molar-refractivity contribution in [3.8, 4) is 0 Å². The Bertz CT molecular complexity index is 155. The number of carbonyl (C=O) groups is 1. The zero-order valence-electron chi connectivity index (χ0n) is 8.20. The zero-order chi connectivity index (χ0) is 10.3. The van der Waals surface area contributed by atoms with Crippen molar-refractivity contribution in [3.05, 3.63) is 0 Å². The van der Waals surface area contributed by atoms with Crippen LogP contribution in [0.15, 0.2) is 0 Å². The smallest absolute Gasteiger partial charge is 0.400 e. The molecule has 0 rings (SSSR count). The van der Waals surface area contributed by atoms with E-state index in [2.05, 4.69) is 9.62 Å². The molecule has 0 unspecified atom stereocenters. The van der Waals surface area contributed by atoms with Gasteiger partial charge in [0.05, 0.1) is 6.61 Å². The fourth-order valence-electron chi connectivity index (χ4n) is 0.711. The second-order valence-corrected chi connectivity index (χ2v) is 3.05. The minimum absolute atomic E-state index is 0.502. The summed E-state index contributed by atoms with van der Waals surface area (Å²) < 4.78 is 9.81. The molecule has 0 aromatic rings. The third kappa shape index (κ3) is 6.36. The molecule has 0 aliphatic heterocycles. The maximum absolute atomic E-state index is 10.5. The Morgan fingerprint density at radius 2 is 2.08 bits per heavy atom. The second kappa shape index (κ2) is 5.77.